The van der Waals surface area contributed by atoms with Crippen LogP contribution in [0.3, 0.4) is 0 Å². The fourth-order valence-corrected chi connectivity index (χ4v) is 2.48. The average molecular weight is 443 g/mol. The fraction of sp³-hybridized carbons (Fsp3) is 0.167. The Kier molecular flexibility index (Phi) is 5.77. The van der Waals surface area contributed by atoms with Gasteiger partial charge in [0.05, 0.1) is 23.8 Å². The van der Waals surface area contributed by atoms with E-state index in [1.807, 2.05) is 0 Å². The van der Waals surface area contributed by atoms with Crippen LogP contribution in [0, 0.1) is 0 Å². The van der Waals surface area contributed by atoms with Gasteiger partial charge < -0.3 is 4.74 Å². The van der Waals surface area contributed by atoms with Gasteiger partial charge in [0.15, 0.2) is 5.82 Å². The van der Waals surface area contributed by atoms with Crippen LogP contribution in [0.15, 0.2) is 43.2 Å². The van der Waals surface area contributed by atoms with Gasteiger partial charge in [0.1, 0.15) is 12.7 Å². The molecule has 3 aromatic rings. The minimum atomic E-state index is -5.01. The monoisotopic (exact) mass is 443 g/mol. The van der Waals surface area contributed by atoms with Gasteiger partial charge in [0.25, 0.3) is 0 Å². The van der Waals surface area contributed by atoms with Crippen molar-refractivity contribution in [3.63, 3.8) is 0 Å². The first-order valence-electron chi connectivity index (χ1n) is 8.25. The Hall–Kier alpha value is -3.77. The second kappa shape index (κ2) is 8.16. The summed E-state index contributed by atoms with van der Waals surface area (Å²) in [4.78, 5) is 23.3. The van der Waals surface area contributed by atoms with Crippen LogP contribution in [0.5, 0.6) is 0 Å². The van der Waals surface area contributed by atoms with Crippen LogP contribution < -0.4 is 0 Å². The maximum atomic E-state index is 13.1. The fourth-order valence-electron chi connectivity index (χ4n) is 2.48. The van der Waals surface area contributed by atoms with E-state index < -0.39 is 40.8 Å². The van der Waals surface area contributed by atoms with Crippen molar-refractivity contribution in [1.82, 2.24) is 24.7 Å². The van der Waals surface area contributed by atoms with Gasteiger partial charge in [-0.2, -0.15) is 26.3 Å². The second-order valence-corrected chi connectivity index (χ2v) is 6.00. The van der Waals surface area contributed by atoms with Gasteiger partial charge >= 0.3 is 18.3 Å². The summed E-state index contributed by atoms with van der Waals surface area (Å²) in [5.41, 5.74) is -3.33. The van der Waals surface area contributed by atoms with Crippen molar-refractivity contribution in [3.8, 4) is 11.4 Å². The number of halogens is 6. The molecule has 7 nitrogen and oxygen atoms in total. The normalized spacial score (nSPS) is 12.7. The maximum Gasteiger partial charge on any atom is 0.416 e. The smallest absolute Gasteiger partial charge is 0.416 e. The number of hydrogen-bond acceptors (Lipinski definition) is 6. The van der Waals surface area contributed by atoms with E-state index in [0.717, 1.165) is 24.3 Å². The quantitative estimate of drug-likeness (QED) is 0.345. The summed E-state index contributed by atoms with van der Waals surface area (Å²) in [7, 11) is 1.12. The van der Waals surface area contributed by atoms with Gasteiger partial charge in [-0.3, -0.25) is 0 Å². The third-order valence-electron chi connectivity index (χ3n) is 3.89. The molecule has 2 aromatic heterocycles. The summed E-state index contributed by atoms with van der Waals surface area (Å²) < 4.78 is 84.0. The van der Waals surface area contributed by atoms with E-state index in [2.05, 4.69) is 24.8 Å². The standard InChI is InChI=1S/C18H11F6N5O2/c1-31-16(30)14(11-5-25-8-26-6-11)7-29-9-27-15(28-29)10-2-12(17(19,20)21)4-13(3-10)18(22,23)24/h2-9H,1H3/b14-7+. The predicted octanol–water partition coefficient (Wildman–Crippen LogP) is 3.94. The molecule has 3 rings (SSSR count). The molecule has 13 heteroatoms. The van der Waals surface area contributed by atoms with Gasteiger partial charge in [0, 0.05) is 29.7 Å². The first kappa shape index (κ1) is 21.9. The Morgan fingerprint density at radius 1 is 1.00 bits per heavy atom. The Morgan fingerprint density at radius 3 is 2.10 bits per heavy atom. The molecular weight excluding hydrogens is 432 g/mol. The van der Waals surface area contributed by atoms with Crippen LogP contribution in [0.25, 0.3) is 23.2 Å². The third kappa shape index (κ3) is 5.05. The topological polar surface area (TPSA) is 82.8 Å². The van der Waals surface area contributed by atoms with Crippen LogP contribution in [-0.2, 0) is 21.9 Å². The first-order chi connectivity index (χ1) is 14.5. The van der Waals surface area contributed by atoms with E-state index in [4.69, 9.17) is 0 Å². The summed E-state index contributed by atoms with van der Waals surface area (Å²) >= 11 is 0. The lowest BCUT2D eigenvalue weighted by Crippen LogP contribution is -2.11. The highest BCUT2D eigenvalue weighted by molar-refractivity contribution is 6.19. The van der Waals surface area contributed by atoms with Crippen LogP contribution in [-0.4, -0.2) is 37.8 Å². The second-order valence-electron chi connectivity index (χ2n) is 6.00. The molecule has 0 saturated heterocycles. The van der Waals surface area contributed by atoms with Crippen molar-refractivity contribution in [3.05, 3.63) is 59.9 Å². The molecule has 1 aromatic carbocycles. The van der Waals surface area contributed by atoms with Gasteiger partial charge in [-0.25, -0.2) is 24.4 Å². The van der Waals surface area contributed by atoms with E-state index in [9.17, 15) is 31.1 Å². The summed E-state index contributed by atoms with van der Waals surface area (Å²) in [6, 6.07) is 1.01. The molecule has 0 aliphatic rings. The van der Waals surface area contributed by atoms with E-state index in [1.54, 1.807) is 0 Å². The number of methoxy groups -OCH3 is 1. The maximum absolute atomic E-state index is 13.1. The van der Waals surface area contributed by atoms with E-state index >= 15 is 0 Å². The molecule has 0 bridgehead atoms. The molecule has 0 fully saturated rings. The minimum Gasteiger partial charge on any atom is -0.465 e. The van der Waals surface area contributed by atoms with Crippen molar-refractivity contribution in [1.29, 1.82) is 0 Å². The molecule has 31 heavy (non-hydrogen) atoms. The summed E-state index contributed by atoms with van der Waals surface area (Å²) in [5.74, 6) is -1.22. The molecule has 0 atom stereocenters. The van der Waals surface area contributed by atoms with E-state index in [0.29, 0.717) is 12.1 Å². The molecule has 0 saturated carbocycles. The molecule has 0 aliphatic carbocycles. The molecule has 0 amide bonds. The highest BCUT2D eigenvalue weighted by atomic mass is 19.4. The Labute approximate surface area is 170 Å². The van der Waals surface area contributed by atoms with E-state index in [-0.39, 0.29) is 17.2 Å². The van der Waals surface area contributed by atoms with Gasteiger partial charge in [-0.05, 0) is 18.2 Å². The van der Waals surface area contributed by atoms with Crippen molar-refractivity contribution in [2.45, 2.75) is 12.4 Å². The van der Waals surface area contributed by atoms with Gasteiger partial charge in [-0.15, -0.1) is 5.10 Å². The zero-order chi connectivity index (χ0) is 22.8. The summed E-state index contributed by atoms with van der Waals surface area (Å²) in [6.07, 6.45) is -4.06. The number of alkyl halides is 6. The van der Waals surface area contributed by atoms with Crippen LogP contribution in [0.4, 0.5) is 26.3 Å². The molecule has 0 radical (unpaired) electrons. The van der Waals surface area contributed by atoms with Crippen molar-refractivity contribution >= 4 is 17.7 Å². The number of carbonyl (C=O) groups excluding carboxylic acids is 1. The predicted molar refractivity (Wildman–Crippen MR) is 93.7 cm³/mol. The van der Waals surface area contributed by atoms with Crippen molar-refractivity contribution < 1.29 is 35.9 Å². The van der Waals surface area contributed by atoms with Crippen LogP contribution >= 0.6 is 0 Å². The molecule has 0 aliphatic heterocycles. The summed E-state index contributed by atoms with van der Waals surface area (Å²) in [6.45, 7) is 0. The highest BCUT2D eigenvalue weighted by Crippen LogP contribution is 2.38. The number of benzene rings is 1. The molecule has 0 unspecified atom stereocenters. The zero-order valence-electron chi connectivity index (χ0n) is 15.4. The van der Waals surface area contributed by atoms with E-state index in [1.165, 1.54) is 18.7 Å². The number of esters is 1. The number of rotatable bonds is 4. The average Bonchev–Trinajstić information content (AvgIpc) is 3.19. The zero-order valence-corrected chi connectivity index (χ0v) is 15.4. The number of ether oxygens (including phenoxy) is 1. The lowest BCUT2D eigenvalue weighted by molar-refractivity contribution is -0.143. The van der Waals surface area contributed by atoms with Crippen molar-refractivity contribution in [2.75, 3.05) is 7.11 Å². The largest absolute Gasteiger partial charge is 0.465 e. The molecule has 0 spiro atoms. The van der Waals surface area contributed by atoms with Gasteiger partial charge in [-0.1, -0.05) is 0 Å². The Balaban J connectivity index is 2.07. The number of nitrogens with zero attached hydrogens (tertiary/aromatic N) is 5. The molecule has 162 valence electrons. The Bertz CT molecular complexity index is 1090. The first-order valence-corrected chi connectivity index (χ1v) is 8.25. The number of aromatic nitrogens is 5. The van der Waals surface area contributed by atoms with Crippen molar-refractivity contribution in [2.24, 2.45) is 0 Å². The van der Waals surface area contributed by atoms with Crippen LogP contribution in [0.1, 0.15) is 16.7 Å². The highest BCUT2D eigenvalue weighted by Gasteiger charge is 2.37. The van der Waals surface area contributed by atoms with Gasteiger partial charge in [0.2, 0.25) is 0 Å². The molecular formula is C18H11F6N5O2. The molecule has 2 heterocycles. The van der Waals surface area contributed by atoms with Crippen LogP contribution in [0.2, 0.25) is 0 Å². The number of carbonyl (C=O) groups is 1. The number of hydrogen-bond donors (Lipinski definition) is 0. The Morgan fingerprint density at radius 2 is 1.58 bits per heavy atom. The summed E-state index contributed by atoms with van der Waals surface area (Å²) in [5, 5.41) is 3.85. The lowest BCUT2D eigenvalue weighted by atomic mass is 10.0. The molecule has 0 N–H and O–H groups in total. The SMILES string of the molecule is COC(=O)/C(=C/n1cnc(-c2cc(C(F)(F)F)cc(C(F)(F)F)c2)n1)c1cncnc1. The lowest BCUT2D eigenvalue weighted by Gasteiger charge is -2.13. The minimum absolute atomic E-state index is 0.00512. The third-order valence-corrected chi connectivity index (χ3v) is 3.89.